The first-order valence-electron chi connectivity index (χ1n) is 24.6. The van der Waals surface area contributed by atoms with Crippen LogP contribution in [0.15, 0.2) is 72.9 Å². The molecule has 0 N–H and O–H groups in total. The van der Waals surface area contributed by atoms with E-state index >= 15 is 0 Å². The van der Waals surface area contributed by atoms with Crippen LogP contribution in [0.3, 0.4) is 0 Å². The van der Waals surface area contributed by atoms with Crippen LogP contribution in [0.25, 0.3) is 0 Å². The number of allylic oxidation sites excluding steroid dienone is 12. The lowest BCUT2D eigenvalue weighted by Gasteiger charge is -2.28. The van der Waals surface area contributed by atoms with E-state index in [2.05, 4.69) is 86.8 Å². The Labute approximate surface area is 380 Å². The fourth-order valence-corrected chi connectivity index (χ4v) is 7.15. The molecule has 0 saturated heterocycles. The number of likely N-dealkylation sites (N-methyl/N-ethyl adjacent to an activating group) is 1. The van der Waals surface area contributed by atoms with Gasteiger partial charge in [0, 0.05) is 12.8 Å². The molecule has 0 aliphatic carbocycles. The van der Waals surface area contributed by atoms with Crippen LogP contribution in [0.1, 0.15) is 194 Å². The molecule has 0 spiro atoms. The second-order valence-electron chi connectivity index (χ2n) is 17.5. The molecule has 0 amide bonds. The van der Waals surface area contributed by atoms with Crippen molar-refractivity contribution in [3.05, 3.63) is 72.9 Å². The maximum atomic E-state index is 12.7. The van der Waals surface area contributed by atoms with Gasteiger partial charge in [-0.2, -0.15) is 0 Å². The van der Waals surface area contributed by atoms with Gasteiger partial charge >= 0.3 is 11.9 Å². The molecule has 0 aliphatic heterocycles. The topological polar surface area (TPSA) is 111 Å². The molecule has 0 fully saturated rings. The number of hydrogen-bond donors (Lipinski definition) is 0. The van der Waals surface area contributed by atoms with Crippen molar-refractivity contribution in [2.75, 3.05) is 47.5 Å². The van der Waals surface area contributed by atoms with Gasteiger partial charge in [0.05, 0.1) is 27.7 Å². The van der Waals surface area contributed by atoms with E-state index in [9.17, 15) is 19.0 Å². The normalized spacial score (nSPS) is 14.1. The average Bonchev–Trinajstić information content (AvgIpc) is 3.23. The Kier molecular flexibility index (Phi) is 41.9. The molecule has 0 aromatic rings. The molecule has 0 radical (unpaired) electrons. The molecule has 0 bridgehead atoms. The van der Waals surface area contributed by atoms with Crippen LogP contribution in [-0.4, -0.2) is 70.0 Å². The zero-order valence-corrected chi connectivity index (χ0v) is 41.2. The van der Waals surface area contributed by atoms with Gasteiger partial charge in [0.15, 0.2) is 6.10 Å². The summed E-state index contributed by atoms with van der Waals surface area (Å²) in [6, 6.07) is 0. The fourth-order valence-electron chi connectivity index (χ4n) is 6.42. The van der Waals surface area contributed by atoms with Crippen LogP contribution in [-0.2, 0) is 32.7 Å². The molecule has 0 aliphatic rings. The second kappa shape index (κ2) is 43.7. The van der Waals surface area contributed by atoms with Gasteiger partial charge in [-0.25, -0.2) is 0 Å². The van der Waals surface area contributed by atoms with Crippen LogP contribution in [0.5, 0.6) is 0 Å². The van der Waals surface area contributed by atoms with Crippen molar-refractivity contribution in [3.8, 4) is 0 Å². The highest BCUT2D eigenvalue weighted by Gasteiger charge is 2.21. The molecule has 9 nitrogen and oxygen atoms in total. The predicted octanol–water partition coefficient (Wildman–Crippen LogP) is 13.9. The van der Waals surface area contributed by atoms with Crippen LogP contribution in [0, 0.1) is 0 Å². The van der Waals surface area contributed by atoms with E-state index in [-0.39, 0.29) is 26.1 Å². The molecule has 0 aromatic carbocycles. The summed E-state index contributed by atoms with van der Waals surface area (Å²) in [7, 11) is 1.16. The van der Waals surface area contributed by atoms with Gasteiger partial charge < -0.3 is 27.9 Å². The highest BCUT2D eigenvalue weighted by molar-refractivity contribution is 7.45. The van der Waals surface area contributed by atoms with Crippen molar-refractivity contribution in [2.24, 2.45) is 0 Å². The molecule has 0 saturated carbocycles. The summed E-state index contributed by atoms with van der Waals surface area (Å²) in [5.74, 6) is -0.845. The largest absolute Gasteiger partial charge is 0.756 e. The van der Waals surface area contributed by atoms with Gasteiger partial charge in [0.2, 0.25) is 0 Å². The number of rotatable bonds is 44. The maximum Gasteiger partial charge on any atom is 0.306 e. The third kappa shape index (κ3) is 46.9. The number of hydrogen-bond acceptors (Lipinski definition) is 8. The zero-order chi connectivity index (χ0) is 45.7. The quantitative estimate of drug-likeness (QED) is 0.0195. The van der Waals surface area contributed by atoms with Gasteiger partial charge in [-0.05, 0) is 64.2 Å². The summed E-state index contributed by atoms with van der Waals surface area (Å²) >= 11 is 0. The van der Waals surface area contributed by atoms with E-state index in [0.29, 0.717) is 17.4 Å². The summed E-state index contributed by atoms with van der Waals surface area (Å²) in [6.45, 7) is 4.05. The van der Waals surface area contributed by atoms with E-state index in [1.807, 2.05) is 21.1 Å². The molecular formula is C52H92NO8P. The molecule has 0 aromatic heterocycles. The zero-order valence-electron chi connectivity index (χ0n) is 40.3. The molecule has 2 atom stereocenters. The average molecular weight is 890 g/mol. The van der Waals surface area contributed by atoms with Crippen LogP contribution >= 0.6 is 7.82 Å². The highest BCUT2D eigenvalue weighted by Crippen LogP contribution is 2.38. The molecule has 2 unspecified atom stereocenters. The Bertz CT molecular complexity index is 1280. The van der Waals surface area contributed by atoms with E-state index in [1.165, 1.54) is 83.5 Å². The third-order valence-corrected chi connectivity index (χ3v) is 11.2. The van der Waals surface area contributed by atoms with Crippen LogP contribution < -0.4 is 4.89 Å². The lowest BCUT2D eigenvalue weighted by atomic mass is 10.0. The number of carbonyl (C=O) groups excluding carboxylic acids is 2. The van der Waals surface area contributed by atoms with Crippen molar-refractivity contribution in [2.45, 2.75) is 200 Å². The van der Waals surface area contributed by atoms with Gasteiger partial charge in [-0.3, -0.25) is 14.2 Å². The van der Waals surface area contributed by atoms with Crippen molar-refractivity contribution in [3.63, 3.8) is 0 Å². The SMILES string of the molecule is CC/C=C\C/C=C\C/C=C\C/C=C\C/C=C\C/C=C\CCCCCCCCCCCCCCC(=O)OC(COC(=O)CCCCCCCCC)COP(=O)([O-])OCC[N+](C)(C)C. The molecule has 0 heterocycles. The highest BCUT2D eigenvalue weighted by atomic mass is 31.2. The molecule has 0 rings (SSSR count). The number of ether oxygens (including phenoxy) is 2. The van der Waals surface area contributed by atoms with Gasteiger partial charge in [0.25, 0.3) is 7.82 Å². The molecular weight excluding hydrogens is 798 g/mol. The summed E-state index contributed by atoms with van der Waals surface area (Å²) in [4.78, 5) is 37.4. The number of phosphoric acid groups is 1. The monoisotopic (exact) mass is 890 g/mol. The van der Waals surface area contributed by atoms with Crippen LogP contribution in [0.4, 0.5) is 0 Å². The predicted molar refractivity (Wildman–Crippen MR) is 259 cm³/mol. The first kappa shape index (κ1) is 59.5. The molecule has 62 heavy (non-hydrogen) atoms. The fraction of sp³-hybridized carbons (Fsp3) is 0.731. The summed E-state index contributed by atoms with van der Waals surface area (Å²) in [5.41, 5.74) is 0. The van der Waals surface area contributed by atoms with E-state index < -0.39 is 32.5 Å². The van der Waals surface area contributed by atoms with E-state index in [4.69, 9.17) is 18.5 Å². The minimum Gasteiger partial charge on any atom is -0.756 e. The Balaban J connectivity index is 4.04. The van der Waals surface area contributed by atoms with Gasteiger partial charge in [0.1, 0.15) is 19.8 Å². The van der Waals surface area contributed by atoms with Crippen molar-refractivity contribution >= 4 is 19.8 Å². The number of nitrogens with zero attached hydrogens (tertiary/aromatic N) is 1. The van der Waals surface area contributed by atoms with Crippen molar-refractivity contribution in [1.29, 1.82) is 0 Å². The summed E-state index contributed by atoms with van der Waals surface area (Å²) in [5, 5.41) is 0. The van der Waals surface area contributed by atoms with Crippen LogP contribution in [0.2, 0.25) is 0 Å². The van der Waals surface area contributed by atoms with Gasteiger partial charge in [-0.15, -0.1) is 0 Å². The summed E-state index contributed by atoms with van der Waals surface area (Å²) in [6.07, 6.45) is 55.4. The lowest BCUT2D eigenvalue weighted by Crippen LogP contribution is -2.37. The number of unbranched alkanes of at least 4 members (excludes halogenated alkanes) is 18. The molecule has 358 valence electrons. The number of esters is 2. The number of carbonyl (C=O) groups is 2. The Morgan fingerprint density at radius 2 is 0.919 bits per heavy atom. The Hall–Kier alpha value is -2.55. The second-order valence-corrected chi connectivity index (χ2v) is 18.9. The Morgan fingerprint density at radius 1 is 0.516 bits per heavy atom. The Morgan fingerprint density at radius 3 is 1.37 bits per heavy atom. The number of quaternary nitrogens is 1. The standard InChI is InChI=1S/C52H92NO8P/c1-6-8-10-12-14-15-16-17-18-19-20-21-22-23-24-25-26-27-28-29-30-31-32-33-34-35-36-37-39-41-43-45-52(55)61-50(49-60-62(56,57)59-47-46-53(3,4)5)48-58-51(54)44-42-40-38-13-11-9-7-2/h8,10,14-15,17-18,20-21,23-24,26-27,50H,6-7,9,11-13,16,19,22,25,28-49H2,1-5H3/b10-8-,15-14-,18-17-,21-20-,24-23-,27-26-. The minimum absolute atomic E-state index is 0.0327. The third-order valence-electron chi connectivity index (χ3n) is 10.2. The smallest absolute Gasteiger partial charge is 0.306 e. The van der Waals surface area contributed by atoms with Crippen molar-refractivity contribution < 1.29 is 42.1 Å². The lowest BCUT2D eigenvalue weighted by molar-refractivity contribution is -0.870. The van der Waals surface area contributed by atoms with E-state index in [1.54, 1.807) is 0 Å². The first-order valence-corrected chi connectivity index (χ1v) is 26.1. The maximum absolute atomic E-state index is 12.7. The van der Waals surface area contributed by atoms with E-state index in [0.717, 1.165) is 77.0 Å². The van der Waals surface area contributed by atoms with Crippen molar-refractivity contribution in [1.82, 2.24) is 0 Å². The summed E-state index contributed by atoms with van der Waals surface area (Å²) < 4.78 is 33.8. The first-order chi connectivity index (χ1) is 30.0. The molecule has 10 heteroatoms. The number of phosphoric ester groups is 1. The minimum atomic E-state index is -4.62. The van der Waals surface area contributed by atoms with Gasteiger partial charge in [-0.1, -0.05) is 189 Å².